The van der Waals surface area contributed by atoms with E-state index < -0.39 is 6.04 Å². The Kier molecular flexibility index (Phi) is 6.49. The van der Waals surface area contributed by atoms with Gasteiger partial charge in [-0.05, 0) is 12.3 Å². The largest absolute Gasteiger partial charge is 0.467 e. The number of ether oxygens (including phenoxy) is 1. The van der Waals surface area contributed by atoms with Gasteiger partial charge in [0, 0.05) is 18.1 Å². The molecule has 0 aromatic heterocycles. The zero-order valence-corrected chi connectivity index (χ0v) is 12.0. The highest BCUT2D eigenvalue weighted by molar-refractivity contribution is 7.99. The lowest BCUT2D eigenvalue weighted by molar-refractivity contribution is -0.145. The van der Waals surface area contributed by atoms with Crippen LogP contribution in [-0.4, -0.2) is 49.1 Å². The molecule has 0 aliphatic carbocycles. The Hall–Kier alpha value is -0.750. The van der Waals surface area contributed by atoms with Crippen molar-refractivity contribution in [1.29, 1.82) is 0 Å². The van der Waals surface area contributed by atoms with Gasteiger partial charge in [-0.3, -0.25) is 4.79 Å². The average molecular weight is 274 g/mol. The summed E-state index contributed by atoms with van der Waals surface area (Å²) in [5, 5.41) is 5.93. The number of carbonyl (C=O) groups excluding carboxylic acids is 2. The van der Waals surface area contributed by atoms with Gasteiger partial charge in [-0.2, -0.15) is 11.8 Å². The van der Waals surface area contributed by atoms with Gasteiger partial charge in [-0.25, -0.2) is 4.79 Å². The van der Waals surface area contributed by atoms with Crippen LogP contribution in [0, 0.1) is 5.92 Å². The van der Waals surface area contributed by atoms with Crippen molar-refractivity contribution in [3.05, 3.63) is 0 Å². The molecule has 1 rings (SSSR count). The van der Waals surface area contributed by atoms with Crippen LogP contribution in [0.1, 0.15) is 20.3 Å². The first-order valence-electron chi connectivity index (χ1n) is 6.24. The fourth-order valence-corrected chi connectivity index (χ4v) is 2.77. The van der Waals surface area contributed by atoms with E-state index in [0.717, 1.165) is 18.1 Å². The molecular weight excluding hydrogens is 252 g/mol. The monoisotopic (exact) mass is 274 g/mol. The maximum atomic E-state index is 12.0. The minimum Gasteiger partial charge on any atom is -0.467 e. The van der Waals surface area contributed by atoms with E-state index in [1.54, 1.807) is 11.8 Å². The molecule has 0 saturated carbocycles. The molecule has 2 atom stereocenters. The van der Waals surface area contributed by atoms with Crippen LogP contribution in [-0.2, 0) is 14.3 Å². The van der Waals surface area contributed by atoms with Crippen LogP contribution >= 0.6 is 11.8 Å². The Bertz CT molecular complexity index is 291. The SMILES string of the molecule is COC(=O)[C@H](CC(C)C)NC(=O)C1CSCCN1. The Morgan fingerprint density at radius 2 is 2.22 bits per heavy atom. The number of amides is 1. The van der Waals surface area contributed by atoms with Gasteiger partial charge in [0.25, 0.3) is 0 Å². The predicted molar refractivity (Wildman–Crippen MR) is 72.5 cm³/mol. The zero-order chi connectivity index (χ0) is 13.5. The molecule has 1 unspecified atom stereocenters. The number of rotatable bonds is 5. The molecule has 2 N–H and O–H groups in total. The second-order valence-electron chi connectivity index (χ2n) is 4.80. The third-order valence-corrected chi connectivity index (χ3v) is 3.81. The second-order valence-corrected chi connectivity index (χ2v) is 5.95. The van der Waals surface area contributed by atoms with E-state index >= 15 is 0 Å². The average Bonchev–Trinajstić information content (AvgIpc) is 2.37. The van der Waals surface area contributed by atoms with Crippen LogP contribution in [0.25, 0.3) is 0 Å². The molecule has 6 heteroatoms. The molecule has 0 radical (unpaired) electrons. The van der Waals surface area contributed by atoms with Crippen LogP contribution in [0.4, 0.5) is 0 Å². The highest BCUT2D eigenvalue weighted by Crippen LogP contribution is 2.10. The fraction of sp³-hybridized carbons (Fsp3) is 0.833. The van der Waals surface area contributed by atoms with Crippen molar-refractivity contribution < 1.29 is 14.3 Å². The third kappa shape index (κ3) is 4.86. The maximum absolute atomic E-state index is 12.0. The van der Waals surface area contributed by atoms with Gasteiger partial charge in [0.1, 0.15) is 6.04 Å². The summed E-state index contributed by atoms with van der Waals surface area (Å²) < 4.78 is 4.72. The van der Waals surface area contributed by atoms with Crippen LogP contribution in [0.2, 0.25) is 0 Å². The van der Waals surface area contributed by atoms with Crippen molar-refractivity contribution in [2.45, 2.75) is 32.4 Å². The summed E-state index contributed by atoms with van der Waals surface area (Å²) in [7, 11) is 1.34. The molecule has 1 aliphatic heterocycles. The smallest absolute Gasteiger partial charge is 0.328 e. The molecular formula is C12H22N2O3S. The number of carbonyl (C=O) groups is 2. The predicted octanol–water partition coefficient (Wildman–Crippen LogP) is 0.395. The summed E-state index contributed by atoms with van der Waals surface area (Å²) in [5.74, 6) is 1.61. The highest BCUT2D eigenvalue weighted by atomic mass is 32.2. The number of hydrogen-bond donors (Lipinski definition) is 2. The Balaban J connectivity index is 2.52. The fourth-order valence-electron chi connectivity index (χ4n) is 1.83. The van der Waals surface area contributed by atoms with Crippen LogP contribution < -0.4 is 10.6 Å². The summed E-state index contributed by atoms with van der Waals surface area (Å²) in [5.41, 5.74) is 0. The molecule has 1 saturated heterocycles. The minimum absolute atomic E-state index is 0.113. The van der Waals surface area contributed by atoms with Crippen molar-refractivity contribution in [3.8, 4) is 0 Å². The number of thioether (sulfide) groups is 1. The van der Waals surface area contributed by atoms with Crippen LogP contribution in [0.3, 0.4) is 0 Å². The van der Waals surface area contributed by atoms with Gasteiger partial charge >= 0.3 is 5.97 Å². The van der Waals surface area contributed by atoms with E-state index in [4.69, 9.17) is 4.74 Å². The third-order valence-electron chi connectivity index (χ3n) is 2.75. The first-order chi connectivity index (χ1) is 8.54. The molecule has 0 aromatic rings. The van der Waals surface area contributed by atoms with E-state index in [1.165, 1.54) is 7.11 Å². The normalized spacial score (nSPS) is 21.4. The van der Waals surface area contributed by atoms with E-state index in [9.17, 15) is 9.59 Å². The molecule has 0 spiro atoms. The van der Waals surface area contributed by atoms with E-state index in [-0.39, 0.29) is 17.9 Å². The summed E-state index contributed by atoms with van der Waals surface area (Å²) in [6.45, 7) is 4.85. The van der Waals surface area contributed by atoms with Gasteiger partial charge in [-0.1, -0.05) is 13.8 Å². The van der Waals surface area contributed by atoms with Gasteiger partial charge in [0.15, 0.2) is 0 Å². The van der Waals surface area contributed by atoms with Crippen LogP contribution in [0.5, 0.6) is 0 Å². The molecule has 1 heterocycles. The van der Waals surface area contributed by atoms with Crippen molar-refractivity contribution in [1.82, 2.24) is 10.6 Å². The topological polar surface area (TPSA) is 67.4 Å². The van der Waals surface area contributed by atoms with Gasteiger partial charge < -0.3 is 15.4 Å². The van der Waals surface area contributed by atoms with E-state index in [0.29, 0.717) is 12.3 Å². The summed E-state index contributed by atoms with van der Waals surface area (Å²) in [6.07, 6.45) is 0.596. The van der Waals surface area contributed by atoms with Crippen molar-refractivity contribution in [2.75, 3.05) is 25.2 Å². The number of nitrogens with one attached hydrogen (secondary N) is 2. The first-order valence-corrected chi connectivity index (χ1v) is 7.39. The lowest BCUT2D eigenvalue weighted by Gasteiger charge is -2.25. The quantitative estimate of drug-likeness (QED) is 0.710. The lowest BCUT2D eigenvalue weighted by Crippen LogP contribution is -2.53. The standard InChI is InChI=1S/C12H22N2O3S/c1-8(2)6-9(12(16)17-3)14-11(15)10-7-18-5-4-13-10/h8-10,13H,4-7H2,1-3H3,(H,14,15)/t9-,10?/m0/s1. The Labute approximate surface area is 112 Å². The molecule has 1 fully saturated rings. The van der Waals surface area contributed by atoms with Gasteiger partial charge in [0.05, 0.1) is 13.2 Å². The van der Waals surface area contributed by atoms with Gasteiger partial charge in [-0.15, -0.1) is 0 Å². The summed E-state index contributed by atoms with van der Waals surface area (Å²) in [4.78, 5) is 23.6. The number of methoxy groups -OCH3 is 1. The summed E-state index contributed by atoms with van der Waals surface area (Å²) >= 11 is 1.75. The lowest BCUT2D eigenvalue weighted by atomic mass is 10.0. The molecule has 0 bridgehead atoms. The first kappa shape index (κ1) is 15.3. The second kappa shape index (κ2) is 7.63. The molecule has 0 aromatic carbocycles. The van der Waals surface area contributed by atoms with Crippen LogP contribution in [0.15, 0.2) is 0 Å². The number of esters is 1. The van der Waals surface area contributed by atoms with Crippen molar-refractivity contribution in [2.24, 2.45) is 5.92 Å². The van der Waals surface area contributed by atoms with Gasteiger partial charge in [0.2, 0.25) is 5.91 Å². The Morgan fingerprint density at radius 1 is 1.50 bits per heavy atom. The molecule has 18 heavy (non-hydrogen) atoms. The molecule has 1 amide bonds. The van der Waals surface area contributed by atoms with Crippen molar-refractivity contribution in [3.63, 3.8) is 0 Å². The maximum Gasteiger partial charge on any atom is 0.328 e. The molecule has 5 nitrogen and oxygen atoms in total. The highest BCUT2D eigenvalue weighted by Gasteiger charge is 2.27. The molecule has 1 aliphatic rings. The summed E-state index contributed by atoms with van der Waals surface area (Å²) in [6, 6.07) is -0.751. The van der Waals surface area contributed by atoms with E-state index in [1.807, 2.05) is 13.8 Å². The van der Waals surface area contributed by atoms with E-state index in [2.05, 4.69) is 10.6 Å². The molecule has 104 valence electrons. The minimum atomic E-state index is -0.545. The zero-order valence-electron chi connectivity index (χ0n) is 11.2. The van der Waals surface area contributed by atoms with Crippen molar-refractivity contribution >= 4 is 23.6 Å². The number of hydrogen-bond acceptors (Lipinski definition) is 5. The Morgan fingerprint density at radius 3 is 2.72 bits per heavy atom.